The van der Waals surface area contributed by atoms with Gasteiger partial charge in [0.05, 0.1) is 5.60 Å². The van der Waals surface area contributed by atoms with Crippen molar-refractivity contribution in [2.45, 2.75) is 103 Å². The average molecular weight is 437 g/mol. The number of fused-ring (bicyclic) bond motifs is 5. The van der Waals surface area contributed by atoms with Gasteiger partial charge in [-0.3, -0.25) is 4.79 Å². The lowest BCUT2D eigenvalue weighted by Gasteiger charge is -2.62. The zero-order valence-corrected chi connectivity index (χ0v) is 20.8. The molecule has 9 atom stereocenters. The molecular weight excluding hydrogens is 392 g/mol. The molecule has 1 N–H and O–H groups in total. The van der Waals surface area contributed by atoms with Crippen LogP contribution in [0.4, 0.5) is 0 Å². The van der Waals surface area contributed by atoms with Gasteiger partial charge in [0.15, 0.2) is 0 Å². The third-order valence-corrected chi connectivity index (χ3v) is 11.5. The van der Waals surface area contributed by atoms with E-state index < -0.39 is 5.60 Å². The zero-order valence-electron chi connectivity index (χ0n) is 20.8. The van der Waals surface area contributed by atoms with Gasteiger partial charge < -0.3 is 5.11 Å². The Kier molecular flexibility index (Phi) is 5.63. The Hall–Kier alpha value is -1.15. The lowest BCUT2D eigenvalue weighted by Crippen LogP contribution is -2.57. The minimum absolute atomic E-state index is 0.242. The number of hydrogen-bond donors (Lipinski definition) is 1. The third kappa shape index (κ3) is 3.26. The summed E-state index contributed by atoms with van der Waals surface area (Å²) in [7, 11) is 0. The monoisotopic (exact) mass is 436 g/mol. The van der Waals surface area contributed by atoms with Crippen LogP contribution in [0.2, 0.25) is 0 Å². The number of rotatable bonds is 4. The first-order chi connectivity index (χ1) is 15.2. The Morgan fingerprint density at radius 1 is 0.969 bits per heavy atom. The molecule has 4 fully saturated rings. The summed E-state index contributed by atoms with van der Waals surface area (Å²) < 4.78 is 0. The van der Waals surface area contributed by atoms with Gasteiger partial charge in [-0.05, 0) is 111 Å². The largest absolute Gasteiger partial charge is 0.389 e. The number of Topliss-reactive ketones (excluding diaryl/α,β-unsaturated/α-hetero) is 1. The fourth-order valence-corrected chi connectivity index (χ4v) is 9.87. The molecule has 4 aliphatic carbocycles. The standard InChI is InChI=1S/C30H44O2/c1-5-24(21-9-7-6-8-10-21)30(32)18-17-28(3)22(19-30)11-12-23-26-14-13-25(20(2)31)29(26,4)16-15-27(23)28/h6-10,22-27,32H,5,11-19H2,1-4H3/t22-,23+,24?,25-,26+,27+,28+,29-,30-/m1/s1. The highest BCUT2D eigenvalue weighted by atomic mass is 16.3. The van der Waals surface area contributed by atoms with E-state index >= 15 is 0 Å². The van der Waals surface area contributed by atoms with Crippen LogP contribution in [0.3, 0.4) is 0 Å². The van der Waals surface area contributed by atoms with Gasteiger partial charge in [0.25, 0.3) is 0 Å². The van der Waals surface area contributed by atoms with E-state index in [9.17, 15) is 9.90 Å². The van der Waals surface area contributed by atoms with Crippen LogP contribution in [-0.4, -0.2) is 16.5 Å². The van der Waals surface area contributed by atoms with Crippen LogP contribution < -0.4 is 0 Å². The lowest BCUT2D eigenvalue weighted by atomic mass is 9.43. The average Bonchev–Trinajstić information content (AvgIpc) is 3.13. The highest BCUT2D eigenvalue weighted by molar-refractivity contribution is 5.79. The molecule has 5 rings (SSSR count). The molecule has 0 bridgehead atoms. The first-order valence-electron chi connectivity index (χ1n) is 13.5. The van der Waals surface area contributed by atoms with Crippen molar-refractivity contribution in [2.24, 2.45) is 40.4 Å². The highest BCUT2D eigenvalue weighted by Gasteiger charge is 2.62. The second-order valence-corrected chi connectivity index (χ2v) is 12.6. The maximum Gasteiger partial charge on any atom is 0.133 e. The normalized spacial score (nSPS) is 46.6. The minimum Gasteiger partial charge on any atom is -0.389 e. The van der Waals surface area contributed by atoms with Crippen molar-refractivity contribution in [1.82, 2.24) is 0 Å². The van der Waals surface area contributed by atoms with Crippen LogP contribution in [-0.2, 0) is 4.79 Å². The quantitative estimate of drug-likeness (QED) is 0.544. The molecule has 2 heteroatoms. The summed E-state index contributed by atoms with van der Waals surface area (Å²) >= 11 is 0. The number of carbonyl (C=O) groups is 1. The number of ketones is 1. The summed E-state index contributed by atoms with van der Waals surface area (Å²) in [5.74, 6) is 3.92. The van der Waals surface area contributed by atoms with Crippen LogP contribution in [0, 0.1) is 40.4 Å². The van der Waals surface area contributed by atoms with Gasteiger partial charge in [-0.2, -0.15) is 0 Å². The molecule has 0 radical (unpaired) electrons. The fraction of sp³-hybridized carbons (Fsp3) is 0.767. The molecular formula is C30H44O2. The van der Waals surface area contributed by atoms with Crippen molar-refractivity contribution in [1.29, 1.82) is 0 Å². The molecule has 0 amide bonds. The SMILES string of the molecule is CCC(c1ccccc1)[C@@]1(O)CC[C@@]2(C)[C@H](CC[C@@H]3[C@@H]2CC[C@]2(C)[C@@H](C(C)=O)CC[C@@H]32)C1. The van der Waals surface area contributed by atoms with Crippen molar-refractivity contribution < 1.29 is 9.90 Å². The van der Waals surface area contributed by atoms with E-state index in [0.29, 0.717) is 23.0 Å². The van der Waals surface area contributed by atoms with E-state index in [4.69, 9.17) is 0 Å². The van der Waals surface area contributed by atoms with E-state index in [-0.39, 0.29) is 11.3 Å². The second kappa shape index (κ2) is 7.97. The number of hydrogen-bond acceptors (Lipinski definition) is 2. The van der Waals surface area contributed by atoms with Crippen molar-refractivity contribution >= 4 is 5.78 Å². The van der Waals surface area contributed by atoms with E-state index in [1.165, 1.54) is 37.7 Å². The van der Waals surface area contributed by atoms with E-state index in [0.717, 1.165) is 49.9 Å². The molecule has 0 saturated heterocycles. The Bertz CT molecular complexity index is 848. The van der Waals surface area contributed by atoms with Crippen molar-refractivity contribution in [3.63, 3.8) is 0 Å². The summed E-state index contributed by atoms with van der Waals surface area (Å²) in [5.41, 5.74) is 1.35. The molecule has 0 aliphatic heterocycles. The van der Waals surface area contributed by atoms with Crippen molar-refractivity contribution in [2.75, 3.05) is 0 Å². The smallest absolute Gasteiger partial charge is 0.133 e. The molecule has 1 aromatic rings. The molecule has 0 spiro atoms. The van der Waals surface area contributed by atoms with Crippen LogP contribution in [0.1, 0.15) is 103 Å². The van der Waals surface area contributed by atoms with E-state index in [1.54, 1.807) is 0 Å². The number of aliphatic hydroxyl groups is 1. The fourth-order valence-electron chi connectivity index (χ4n) is 9.87. The third-order valence-electron chi connectivity index (χ3n) is 11.5. The second-order valence-electron chi connectivity index (χ2n) is 12.6. The van der Waals surface area contributed by atoms with Crippen LogP contribution in [0.25, 0.3) is 0 Å². The number of benzene rings is 1. The maximum absolute atomic E-state index is 12.4. The molecule has 4 aliphatic rings. The van der Waals surface area contributed by atoms with Crippen molar-refractivity contribution in [3.8, 4) is 0 Å². The van der Waals surface area contributed by atoms with Crippen LogP contribution in [0.5, 0.6) is 0 Å². The summed E-state index contributed by atoms with van der Waals surface area (Å²) in [6, 6.07) is 10.7. The molecule has 0 heterocycles. The highest BCUT2D eigenvalue weighted by Crippen LogP contribution is 2.68. The lowest BCUT2D eigenvalue weighted by molar-refractivity contribution is -0.159. The van der Waals surface area contributed by atoms with Gasteiger partial charge in [-0.1, -0.05) is 51.1 Å². The van der Waals surface area contributed by atoms with Gasteiger partial charge in [0.2, 0.25) is 0 Å². The molecule has 1 aromatic carbocycles. The summed E-state index contributed by atoms with van der Waals surface area (Å²) in [4.78, 5) is 12.4. The van der Waals surface area contributed by atoms with Gasteiger partial charge in [0, 0.05) is 11.8 Å². The Balaban J connectivity index is 1.38. The predicted octanol–water partition coefficient (Wildman–Crippen LogP) is 7.16. The van der Waals surface area contributed by atoms with Gasteiger partial charge >= 0.3 is 0 Å². The topological polar surface area (TPSA) is 37.3 Å². The Labute approximate surface area is 195 Å². The molecule has 32 heavy (non-hydrogen) atoms. The Morgan fingerprint density at radius 3 is 2.38 bits per heavy atom. The zero-order chi connectivity index (χ0) is 22.7. The Morgan fingerprint density at radius 2 is 1.69 bits per heavy atom. The molecule has 1 unspecified atom stereocenters. The van der Waals surface area contributed by atoms with E-state index in [1.807, 2.05) is 6.92 Å². The molecule has 0 aromatic heterocycles. The maximum atomic E-state index is 12.4. The summed E-state index contributed by atoms with van der Waals surface area (Å²) in [5, 5.41) is 12.0. The predicted molar refractivity (Wildman–Crippen MR) is 130 cm³/mol. The first-order valence-corrected chi connectivity index (χ1v) is 13.5. The first kappa shape index (κ1) is 22.6. The van der Waals surface area contributed by atoms with Crippen LogP contribution in [0.15, 0.2) is 30.3 Å². The van der Waals surface area contributed by atoms with Gasteiger partial charge in [-0.15, -0.1) is 0 Å². The molecule has 176 valence electrons. The van der Waals surface area contributed by atoms with Crippen LogP contribution >= 0.6 is 0 Å². The number of carbonyl (C=O) groups excluding carboxylic acids is 1. The molecule has 4 saturated carbocycles. The molecule has 2 nitrogen and oxygen atoms in total. The summed E-state index contributed by atoms with van der Waals surface area (Å²) in [6.45, 7) is 9.11. The summed E-state index contributed by atoms with van der Waals surface area (Å²) in [6.07, 6.45) is 11.6. The van der Waals surface area contributed by atoms with Crippen molar-refractivity contribution in [3.05, 3.63) is 35.9 Å². The van der Waals surface area contributed by atoms with E-state index in [2.05, 4.69) is 51.1 Å². The minimum atomic E-state index is -0.566. The van der Waals surface area contributed by atoms with Gasteiger partial charge in [-0.25, -0.2) is 0 Å². The van der Waals surface area contributed by atoms with Gasteiger partial charge in [0.1, 0.15) is 5.78 Å².